The van der Waals surface area contributed by atoms with Crippen LogP contribution in [-0.2, 0) is 7.05 Å². The third kappa shape index (κ3) is 3.04. The second-order valence-electron chi connectivity index (χ2n) is 5.97. The third-order valence-electron chi connectivity index (χ3n) is 4.32. The number of rotatable bonds is 4. The summed E-state index contributed by atoms with van der Waals surface area (Å²) in [6, 6.07) is 19.0. The van der Waals surface area contributed by atoms with E-state index in [4.69, 9.17) is 9.40 Å². The summed E-state index contributed by atoms with van der Waals surface area (Å²) in [7, 11) is 1.96. The molecule has 0 bridgehead atoms. The zero-order valence-electron chi connectivity index (χ0n) is 14.0. The molecule has 0 aliphatic carbocycles. The first-order chi connectivity index (χ1) is 12.6. The summed E-state index contributed by atoms with van der Waals surface area (Å²) in [5, 5.41) is 3.08. The topological polar surface area (TPSA) is 60.1 Å². The Hall–Kier alpha value is -2.86. The van der Waals surface area contributed by atoms with Gasteiger partial charge in [-0.2, -0.15) is 0 Å². The molecular weight excluding hydrogens is 394 g/mol. The van der Waals surface area contributed by atoms with Crippen LogP contribution < -0.4 is 5.32 Å². The van der Waals surface area contributed by atoms with E-state index in [1.165, 1.54) is 6.26 Å². The molecule has 4 rings (SSSR count). The van der Waals surface area contributed by atoms with Gasteiger partial charge in [-0.1, -0.05) is 42.5 Å². The fraction of sp³-hybridized carbons (Fsp3) is 0.100. The van der Waals surface area contributed by atoms with Crippen LogP contribution in [0.1, 0.15) is 27.8 Å². The number of imidazole rings is 1. The minimum Gasteiger partial charge on any atom is -0.457 e. The van der Waals surface area contributed by atoms with Gasteiger partial charge in [0.25, 0.3) is 5.91 Å². The summed E-state index contributed by atoms with van der Waals surface area (Å²) in [6.45, 7) is 0. The van der Waals surface area contributed by atoms with E-state index in [-0.39, 0.29) is 11.9 Å². The van der Waals surface area contributed by atoms with Gasteiger partial charge >= 0.3 is 0 Å². The van der Waals surface area contributed by atoms with Crippen LogP contribution in [0.5, 0.6) is 0 Å². The number of carbonyl (C=O) groups is 1. The molecule has 0 saturated heterocycles. The van der Waals surface area contributed by atoms with E-state index in [0.717, 1.165) is 22.4 Å². The molecule has 0 aliphatic heterocycles. The lowest BCUT2D eigenvalue weighted by atomic mass is 10.1. The van der Waals surface area contributed by atoms with Gasteiger partial charge in [0.1, 0.15) is 18.1 Å². The zero-order chi connectivity index (χ0) is 18.1. The number of amides is 1. The van der Waals surface area contributed by atoms with Crippen molar-refractivity contribution in [2.24, 2.45) is 7.05 Å². The maximum absolute atomic E-state index is 12.7. The quantitative estimate of drug-likeness (QED) is 0.541. The average Bonchev–Trinajstić information content (AvgIpc) is 3.24. The van der Waals surface area contributed by atoms with Gasteiger partial charge in [-0.3, -0.25) is 4.79 Å². The predicted octanol–water partition coefficient (Wildman–Crippen LogP) is 4.45. The van der Waals surface area contributed by atoms with E-state index in [1.807, 2.05) is 66.2 Å². The first kappa shape index (κ1) is 16.6. The first-order valence-corrected chi connectivity index (χ1v) is 8.94. The lowest BCUT2D eigenvalue weighted by molar-refractivity contribution is 0.0940. The molecule has 2 aromatic heterocycles. The molecule has 0 radical (unpaired) electrons. The summed E-state index contributed by atoms with van der Waals surface area (Å²) < 4.78 is 7.71. The summed E-state index contributed by atoms with van der Waals surface area (Å²) in [5.41, 5.74) is 3.33. The number of fused-ring (bicyclic) bond motifs is 1. The smallest absolute Gasteiger partial charge is 0.255 e. The van der Waals surface area contributed by atoms with Gasteiger partial charge < -0.3 is 14.3 Å². The van der Waals surface area contributed by atoms with Crippen LogP contribution in [0.4, 0.5) is 0 Å². The van der Waals surface area contributed by atoms with Crippen molar-refractivity contribution in [3.8, 4) is 0 Å². The summed E-state index contributed by atoms with van der Waals surface area (Å²) >= 11 is 3.23. The van der Waals surface area contributed by atoms with Gasteiger partial charge in [0.2, 0.25) is 0 Å². The molecule has 130 valence electrons. The molecule has 0 aliphatic rings. The SMILES string of the molecule is Cn1c(C(NC(=O)c2coc(Br)c2)c2ccccc2)nc2ccccc21. The van der Waals surface area contributed by atoms with E-state index in [1.54, 1.807) is 6.07 Å². The second kappa shape index (κ2) is 6.80. The van der Waals surface area contributed by atoms with Crippen LogP contribution in [0.15, 0.2) is 76.0 Å². The van der Waals surface area contributed by atoms with Crippen molar-refractivity contribution in [3.63, 3.8) is 0 Å². The van der Waals surface area contributed by atoms with Gasteiger partial charge in [0, 0.05) is 13.1 Å². The second-order valence-corrected chi connectivity index (χ2v) is 6.76. The fourth-order valence-electron chi connectivity index (χ4n) is 3.01. The number of hydrogen-bond donors (Lipinski definition) is 1. The largest absolute Gasteiger partial charge is 0.457 e. The summed E-state index contributed by atoms with van der Waals surface area (Å²) in [5.74, 6) is 0.550. The van der Waals surface area contributed by atoms with E-state index in [9.17, 15) is 4.79 Å². The Morgan fingerprint density at radius 3 is 2.58 bits per heavy atom. The predicted molar refractivity (Wildman–Crippen MR) is 103 cm³/mol. The van der Waals surface area contributed by atoms with Crippen molar-refractivity contribution in [2.45, 2.75) is 6.04 Å². The monoisotopic (exact) mass is 409 g/mol. The number of aromatic nitrogens is 2. The number of halogens is 1. The molecule has 1 N–H and O–H groups in total. The van der Waals surface area contributed by atoms with Crippen molar-refractivity contribution in [2.75, 3.05) is 0 Å². The highest BCUT2D eigenvalue weighted by Crippen LogP contribution is 2.25. The lowest BCUT2D eigenvalue weighted by Gasteiger charge is -2.19. The number of para-hydroxylation sites is 2. The molecule has 1 atom stereocenters. The average molecular weight is 410 g/mol. The molecule has 0 saturated carbocycles. The summed E-state index contributed by atoms with van der Waals surface area (Å²) in [4.78, 5) is 17.5. The van der Waals surface area contributed by atoms with Gasteiger partial charge in [-0.15, -0.1) is 0 Å². The molecule has 4 aromatic rings. The number of nitrogens with one attached hydrogen (secondary N) is 1. The molecule has 26 heavy (non-hydrogen) atoms. The van der Waals surface area contributed by atoms with Crippen LogP contribution in [0, 0.1) is 0 Å². The molecule has 1 amide bonds. The number of benzene rings is 2. The van der Waals surface area contributed by atoms with Crippen molar-refractivity contribution >= 4 is 32.9 Å². The highest BCUT2D eigenvalue weighted by atomic mass is 79.9. The third-order valence-corrected chi connectivity index (χ3v) is 4.73. The standard InChI is InChI=1S/C20H16BrN3O2/c1-24-16-10-6-5-9-15(16)22-19(24)18(13-7-3-2-4-8-13)23-20(25)14-11-17(21)26-12-14/h2-12,18H,1H3,(H,23,25). The van der Waals surface area contributed by atoms with Crippen LogP contribution >= 0.6 is 15.9 Å². The number of carbonyl (C=O) groups excluding carboxylic acids is 1. The van der Waals surface area contributed by atoms with Crippen molar-refractivity contribution in [1.29, 1.82) is 0 Å². The van der Waals surface area contributed by atoms with Crippen molar-refractivity contribution in [3.05, 3.63) is 88.5 Å². The van der Waals surface area contributed by atoms with Gasteiger partial charge in [0.05, 0.1) is 16.6 Å². The van der Waals surface area contributed by atoms with Gasteiger partial charge in [-0.25, -0.2) is 4.98 Å². The minimum absolute atomic E-state index is 0.222. The highest BCUT2D eigenvalue weighted by molar-refractivity contribution is 9.10. The van der Waals surface area contributed by atoms with Crippen LogP contribution in [-0.4, -0.2) is 15.5 Å². The normalized spacial score (nSPS) is 12.2. The number of nitrogens with zero attached hydrogens (tertiary/aromatic N) is 2. The highest BCUT2D eigenvalue weighted by Gasteiger charge is 2.23. The molecule has 1 unspecified atom stereocenters. The Balaban J connectivity index is 1.78. The van der Waals surface area contributed by atoms with E-state index < -0.39 is 0 Å². The summed E-state index contributed by atoms with van der Waals surface area (Å²) in [6.07, 6.45) is 1.43. The molecule has 2 aromatic carbocycles. The Bertz CT molecular complexity index is 1070. The van der Waals surface area contributed by atoms with Gasteiger partial charge in [0.15, 0.2) is 4.67 Å². The molecular formula is C20H16BrN3O2. The minimum atomic E-state index is -0.380. The van der Waals surface area contributed by atoms with Gasteiger partial charge in [-0.05, 0) is 33.6 Å². The fourth-order valence-corrected chi connectivity index (χ4v) is 3.35. The lowest BCUT2D eigenvalue weighted by Crippen LogP contribution is -2.30. The first-order valence-electron chi connectivity index (χ1n) is 8.14. The molecule has 0 spiro atoms. The Morgan fingerprint density at radius 1 is 1.15 bits per heavy atom. The molecule has 5 nitrogen and oxygen atoms in total. The maximum atomic E-state index is 12.7. The molecule has 6 heteroatoms. The van der Waals surface area contributed by atoms with Crippen molar-refractivity contribution in [1.82, 2.24) is 14.9 Å². The number of aryl methyl sites for hydroxylation is 1. The van der Waals surface area contributed by atoms with E-state index in [0.29, 0.717) is 10.2 Å². The number of furan rings is 1. The van der Waals surface area contributed by atoms with Crippen LogP contribution in [0.3, 0.4) is 0 Å². The van der Waals surface area contributed by atoms with Crippen LogP contribution in [0.2, 0.25) is 0 Å². The van der Waals surface area contributed by atoms with Crippen molar-refractivity contribution < 1.29 is 9.21 Å². The Morgan fingerprint density at radius 2 is 1.88 bits per heavy atom. The zero-order valence-corrected chi connectivity index (χ0v) is 15.6. The molecule has 2 heterocycles. The Kier molecular flexibility index (Phi) is 4.34. The maximum Gasteiger partial charge on any atom is 0.255 e. The van der Waals surface area contributed by atoms with E-state index in [2.05, 4.69) is 21.2 Å². The molecule has 0 fully saturated rings. The van der Waals surface area contributed by atoms with E-state index >= 15 is 0 Å². The van der Waals surface area contributed by atoms with Crippen LogP contribution in [0.25, 0.3) is 11.0 Å². The Labute approximate surface area is 158 Å². The number of hydrogen-bond acceptors (Lipinski definition) is 3.